The molecule has 1 aromatic carbocycles. The van der Waals surface area contributed by atoms with Crippen LogP contribution in [-0.4, -0.2) is 39.8 Å². The van der Waals surface area contributed by atoms with Crippen molar-refractivity contribution >= 4 is 33.6 Å². The van der Waals surface area contributed by atoms with Gasteiger partial charge in [0, 0.05) is 23.1 Å². The Morgan fingerprint density at radius 2 is 1.96 bits per heavy atom. The largest absolute Gasteiger partial charge is 0.411 e. The van der Waals surface area contributed by atoms with Crippen molar-refractivity contribution in [3.63, 3.8) is 0 Å². The van der Waals surface area contributed by atoms with Crippen LogP contribution in [-0.2, 0) is 4.79 Å². The summed E-state index contributed by atoms with van der Waals surface area (Å²) < 4.78 is 6.46. The zero-order valence-electron chi connectivity index (χ0n) is 13.2. The molecule has 2 aromatic rings. The van der Waals surface area contributed by atoms with Crippen molar-refractivity contribution in [1.29, 1.82) is 10.5 Å². The van der Waals surface area contributed by atoms with Crippen molar-refractivity contribution in [2.45, 2.75) is 18.1 Å². The fourth-order valence-electron chi connectivity index (χ4n) is 1.95. The predicted octanol–water partition coefficient (Wildman–Crippen LogP) is 3.25. The number of halogens is 1. The Bertz CT molecular complexity index is 793. The third-order valence-corrected chi connectivity index (χ3v) is 4.43. The van der Waals surface area contributed by atoms with Crippen molar-refractivity contribution in [1.82, 2.24) is 15.1 Å². The van der Waals surface area contributed by atoms with Crippen LogP contribution in [0.1, 0.15) is 12.8 Å². The fraction of sp³-hybridized carbons (Fsp3) is 0.312. The molecule has 2 rings (SSSR count). The van der Waals surface area contributed by atoms with Crippen molar-refractivity contribution in [2.24, 2.45) is 0 Å². The summed E-state index contributed by atoms with van der Waals surface area (Å²) in [5, 5.41) is 25.5. The van der Waals surface area contributed by atoms with Crippen LogP contribution in [0.4, 0.5) is 0 Å². The van der Waals surface area contributed by atoms with E-state index in [1.807, 2.05) is 36.4 Å². The SMILES string of the molecule is N#CCCN(CCC#N)C(=O)CSc1nnc(-c2cccc(Br)c2)o1. The molecule has 0 N–H and O–H groups in total. The monoisotopic (exact) mass is 419 g/mol. The molecule has 0 bridgehead atoms. The highest BCUT2D eigenvalue weighted by Gasteiger charge is 2.16. The summed E-state index contributed by atoms with van der Waals surface area (Å²) >= 11 is 4.52. The number of nitriles is 2. The van der Waals surface area contributed by atoms with Crippen LogP contribution in [0.25, 0.3) is 11.5 Å². The minimum Gasteiger partial charge on any atom is -0.411 e. The first-order valence-electron chi connectivity index (χ1n) is 7.38. The van der Waals surface area contributed by atoms with E-state index in [1.165, 1.54) is 4.90 Å². The van der Waals surface area contributed by atoms with Gasteiger partial charge in [0.05, 0.1) is 30.7 Å². The van der Waals surface area contributed by atoms with Crippen LogP contribution in [0.2, 0.25) is 0 Å². The van der Waals surface area contributed by atoms with Crippen LogP contribution in [0.3, 0.4) is 0 Å². The topological polar surface area (TPSA) is 107 Å². The van der Waals surface area contributed by atoms with E-state index >= 15 is 0 Å². The van der Waals surface area contributed by atoms with Gasteiger partial charge in [-0.2, -0.15) is 10.5 Å². The van der Waals surface area contributed by atoms with Gasteiger partial charge >= 0.3 is 0 Å². The maximum Gasteiger partial charge on any atom is 0.277 e. The van der Waals surface area contributed by atoms with Gasteiger partial charge in [0.25, 0.3) is 5.22 Å². The molecule has 1 amide bonds. The van der Waals surface area contributed by atoms with Gasteiger partial charge in [-0.3, -0.25) is 4.79 Å². The Hall–Kier alpha value is -2.36. The summed E-state index contributed by atoms with van der Waals surface area (Å²) in [5.74, 6) is 0.316. The highest BCUT2D eigenvalue weighted by Crippen LogP contribution is 2.25. The summed E-state index contributed by atoms with van der Waals surface area (Å²) in [6.45, 7) is 0.620. The summed E-state index contributed by atoms with van der Waals surface area (Å²) in [4.78, 5) is 13.7. The van der Waals surface area contributed by atoms with Gasteiger partial charge in [0.15, 0.2) is 0 Å². The standard InChI is InChI=1S/C16H14BrN5O2S/c17-13-5-1-4-12(10-13)15-20-21-16(24-15)25-11-14(23)22(8-2-6-18)9-3-7-19/h1,4-5,10H,2-3,8-9,11H2. The van der Waals surface area contributed by atoms with Gasteiger partial charge in [-0.15, -0.1) is 10.2 Å². The lowest BCUT2D eigenvalue weighted by molar-refractivity contribution is -0.128. The predicted molar refractivity (Wildman–Crippen MR) is 95.2 cm³/mol. The van der Waals surface area contributed by atoms with Gasteiger partial charge in [-0.05, 0) is 18.2 Å². The van der Waals surface area contributed by atoms with Crippen LogP contribution in [0.5, 0.6) is 0 Å². The van der Waals surface area contributed by atoms with Crippen LogP contribution >= 0.6 is 27.7 Å². The first kappa shape index (κ1) is 19.0. The summed E-state index contributed by atoms with van der Waals surface area (Å²) in [6.07, 6.45) is 0.463. The Balaban J connectivity index is 1.95. The molecule has 128 valence electrons. The number of carbonyl (C=O) groups is 1. The van der Waals surface area contributed by atoms with Gasteiger partial charge in [-0.25, -0.2) is 0 Å². The molecule has 0 aliphatic rings. The smallest absolute Gasteiger partial charge is 0.277 e. The first-order chi connectivity index (χ1) is 12.1. The van der Waals surface area contributed by atoms with Gasteiger partial charge in [-0.1, -0.05) is 33.8 Å². The number of aromatic nitrogens is 2. The molecule has 0 spiro atoms. The molecule has 0 saturated carbocycles. The van der Waals surface area contributed by atoms with E-state index in [1.54, 1.807) is 0 Å². The number of thioether (sulfide) groups is 1. The van der Waals surface area contributed by atoms with Gasteiger partial charge in [0.2, 0.25) is 11.8 Å². The van der Waals surface area contributed by atoms with Crippen molar-refractivity contribution in [3.05, 3.63) is 28.7 Å². The Kier molecular flexibility index (Phi) is 7.45. The molecule has 9 heteroatoms. The number of carbonyl (C=O) groups excluding carboxylic acids is 1. The lowest BCUT2D eigenvalue weighted by Crippen LogP contribution is -2.34. The zero-order valence-corrected chi connectivity index (χ0v) is 15.6. The molecule has 1 heterocycles. The van der Waals surface area contributed by atoms with Crippen LogP contribution < -0.4 is 0 Å². The molecular weight excluding hydrogens is 406 g/mol. The second kappa shape index (κ2) is 9.82. The number of nitrogens with zero attached hydrogens (tertiary/aromatic N) is 5. The number of hydrogen-bond donors (Lipinski definition) is 0. The second-order valence-corrected chi connectivity index (χ2v) is 6.71. The van der Waals surface area contributed by atoms with E-state index in [4.69, 9.17) is 14.9 Å². The van der Waals surface area contributed by atoms with E-state index in [2.05, 4.69) is 26.1 Å². The first-order valence-corrected chi connectivity index (χ1v) is 9.16. The fourth-order valence-corrected chi connectivity index (χ4v) is 3.02. The molecule has 1 aromatic heterocycles. The molecular formula is C16H14BrN5O2S. The highest BCUT2D eigenvalue weighted by atomic mass is 79.9. The minimum absolute atomic E-state index is 0.108. The molecule has 0 atom stereocenters. The van der Waals surface area contributed by atoms with E-state index < -0.39 is 0 Å². The van der Waals surface area contributed by atoms with Crippen LogP contribution in [0.15, 0.2) is 38.4 Å². The third kappa shape index (κ3) is 5.89. The van der Waals surface area contributed by atoms with Crippen molar-refractivity contribution < 1.29 is 9.21 Å². The summed E-state index contributed by atoms with van der Waals surface area (Å²) in [5.41, 5.74) is 0.782. The van der Waals surface area contributed by atoms with Crippen LogP contribution in [0, 0.1) is 22.7 Å². The maximum absolute atomic E-state index is 12.2. The number of hydrogen-bond acceptors (Lipinski definition) is 7. The van der Waals surface area contributed by atoms with Crippen molar-refractivity contribution in [3.8, 4) is 23.6 Å². The summed E-state index contributed by atoms with van der Waals surface area (Å²) in [6, 6.07) is 11.5. The molecule has 0 unspecified atom stereocenters. The van der Waals surface area contributed by atoms with Crippen molar-refractivity contribution in [2.75, 3.05) is 18.8 Å². The van der Waals surface area contributed by atoms with E-state index in [0.717, 1.165) is 21.8 Å². The molecule has 0 radical (unpaired) electrons. The van der Waals surface area contributed by atoms with Gasteiger partial charge < -0.3 is 9.32 Å². The molecule has 0 aliphatic carbocycles. The van der Waals surface area contributed by atoms with E-state index in [-0.39, 0.29) is 24.5 Å². The number of rotatable bonds is 8. The quantitative estimate of drug-likeness (QED) is 0.604. The third-order valence-electron chi connectivity index (χ3n) is 3.14. The van der Waals surface area contributed by atoms with Gasteiger partial charge in [0.1, 0.15) is 0 Å². The summed E-state index contributed by atoms with van der Waals surface area (Å²) in [7, 11) is 0. The zero-order chi connectivity index (χ0) is 18.1. The lowest BCUT2D eigenvalue weighted by atomic mass is 10.2. The van der Waals surface area contributed by atoms with E-state index in [0.29, 0.717) is 24.2 Å². The van der Waals surface area contributed by atoms with E-state index in [9.17, 15) is 4.79 Å². The Morgan fingerprint density at radius 3 is 2.60 bits per heavy atom. The maximum atomic E-state index is 12.2. The highest BCUT2D eigenvalue weighted by molar-refractivity contribution is 9.10. The average Bonchev–Trinajstić information content (AvgIpc) is 3.09. The molecule has 0 saturated heterocycles. The second-order valence-electron chi connectivity index (χ2n) is 4.87. The number of amides is 1. The lowest BCUT2D eigenvalue weighted by Gasteiger charge is -2.19. The molecule has 7 nitrogen and oxygen atoms in total. The Morgan fingerprint density at radius 1 is 1.24 bits per heavy atom. The molecule has 0 fully saturated rings. The molecule has 25 heavy (non-hydrogen) atoms. The average molecular weight is 420 g/mol. The number of benzene rings is 1. The molecule has 0 aliphatic heterocycles. The Labute approximate surface area is 157 Å². The normalized spacial score (nSPS) is 10.0. The minimum atomic E-state index is -0.169.